The van der Waals surface area contributed by atoms with Gasteiger partial charge in [0.1, 0.15) is 13.2 Å². The van der Waals surface area contributed by atoms with E-state index in [1.807, 2.05) is 0 Å². The van der Waals surface area contributed by atoms with E-state index in [1.54, 1.807) is 54.6 Å². The third-order valence-electron chi connectivity index (χ3n) is 5.09. The number of benzene rings is 3. The minimum atomic E-state index is -1.11. The highest BCUT2D eigenvalue weighted by Crippen LogP contribution is 2.12. The summed E-state index contributed by atoms with van der Waals surface area (Å²) in [7, 11) is 0. The number of rotatable bonds is 10. The van der Waals surface area contributed by atoms with E-state index in [9.17, 15) is 24.0 Å². The Morgan fingerprint density at radius 3 is 1.42 bits per heavy atom. The first-order valence-corrected chi connectivity index (χ1v) is 11.1. The third-order valence-corrected chi connectivity index (χ3v) is 5.09. The minimum absolute atomic E-state index is 0.147. The fraction of sp³-hybridized carbons (Fsp3) is 0.179. The Morgan fingerprint density at radius 2 is 0.972 bits per heavy atom. The topological polar surface area (TPSA) is 113 Å². The zero-order valence-corrected chi connectivity index (χ0v) is 19.8. The van der Waals surface area contributed by atoms with Gasteiger partial charge in [-0.25, -0.2) is 14.4 Å². The number of carbonyl (C=O) groups excluding carboxylic acids is 5. The molecule has 0 spiro atoms. The standard InChI is InChI=1S/C28H24O8/c1-18(29)21-10-6-12-23(14-21)26(31)34-16-25(36-28(33)20-8-4-3-5-9-20)17-35-27(32)24-13-7-11-22(15-24)19(2)30/h3-15,25H,16-17H2,1-2H3. The molecule has 0 saturated heterocycles. The molecule has 184 valence electrons. The molecule has 3 aromatic carbocycles. The molecule has 0 atom stereocenters. The molecule has 36 heavy (non-hydrogen) atoms. The van der Waals surface area contributed by atoms with E-state index in [1.165, 1.54) is 38.1 Å². The molecule has 0 saturated carbocycles. The maximum atomic E-state index is 12.5. The van der Waals surface area contributed by atoms with E-state index in [0.717, 1.165) is 0 Å². The summed E-state index contributed by atoms with van der Waals surface area (Å²) in [5.41, 5.74) is 1.25. The largest absolute Gasteiger partial charge is 0.458 e. The summed E-state index contributed by atoms with van der Waals surface area (Å²) >= 11 is 0. The van der Waals surface area contributed by atoms with Crippen molar-refractivity contribution in [2.45, 2.75) is 20.0 Å². The lowest BCUT2D eigenvalue weighted by Gasteiger charge is -2.18. The Morgan fingerprint density at radius 1 is 0.556 bits per heavy atom. The van der Waals surface area contributed by atoms with Crippen LogP contribution in [0.2, 0.25) is 0 Å². The molecule has 0 fully saturated rings. The molecule has 0 N–H and O–H groups in total. The second kappa shape index (κ2) is 12.2. The molecule has 0 bridgehead atoms. The van der Waals surface area contributed by atoms with E-state index >= 15 is 0 Å². The monoisotopic (exact) mass is 488 g/mol. The van der Waals surface area contributed by atoms with Gasteiger partial charge < -0.3 is 14.2 Å². The highest BCUT2D eigenvalue weighted by Gasteiger charge is 2.22. The van der Waals surface area contributed by atoms with Crippen LogP contribution in [-0.4, -0.2) is 48.8 Å². The Balaban J connectivity index is 1.70. The highest BCUT2D eigenvalue weighted by molar-refractivity contribution is 5.98. The Kier molecular flexibility index (Phi) is 8.83. The van der Waals surface area contributed by atoms with Gasteiger partial charge in [0.05, 0.1) is 16.7 Å². The lowest BCUT2D eigenvalue weighted by molar-refractivity contribution is -0.0253. The maximum Gasteiger partial charge on any atom is 0.338 e. The molecule has 0 amide bonds. The van der Waals surface area contributed by atoms with Crippen molar-refractivity contribution in [2.24, 2.45) is 0 Å². The first-order valence-electron chi connectivity index (χ1n) is 11.1. The molecule has 0 aliphatic heterocycles. The summed E-state index contributed by atoms with van der Waals surface area (Å²) in [4.78, 5) is 60.8. The minimum Gasteiger partial charge on any atom is -0.458 e. The van der Waals surface area contributed by atoms with Crippen LogP contribution >= 0.6 is 0 Å². The van der Waals surface area contributed by atoms with Gasteiger partial charge >= 0.3 is 17.9 Å². The van der Waals surface area contributed by atoms with Gasteiger partial charge in [0.2, 0.25) is 0 Å². The number of ketones is 2. The van der Waals surface area contributed by atoms with E-state index in [2.05, 4.69) is 0 Å². The molecule has 0 aliphatic carbocycles. The number of hydrogen-bond acceptors (Lipinski definition) is 8. The molecule has 0 unspecified atom stereocenters. The van der Waals surface area contributed by atoms with Crippen LogP contribution in [0.1, 0.15) is 65.6 Å². The maximum absolute atomic E-state index is 12.5. The van der Waals surface area contributed by atoms with Crippen LogP contribution in [0.3, 0.4) is 0 Å². The van der Waals surface area contributed by atoms with Crippen molar-refractivity contribution >= 4 is 29.5 Å². The summed E-state index contributed by atoms with van der Waals surface area (Å²) in [5.74, 6) is -2.58. The van der Waals surface area contributed by atoms with Crippen LogP contribution in [0, 0.1) is 0 Å². The number of esters is 3. The Bertz CT molecular complexity index is 1210. The van der Waals surface area contributed by atoms with E-state index < -0.39 is 37.2 Å². The molecule has 0 aliphatic rings. The van der Waals surface area contributed by atoms with Gasteiger partial charge in [0, 0.05) is 11.1 Å². The van der Waals surface area contributed by atoms with Crippen LogP contribution in [-0.2, 0) is 14.2 Å². The number of ether oxygens (including phenoxy) is 3. The fourth-order valence-corrected chi connectivity index (χ4v) is 3.14. The lowest BCUT2D eigenvalue weighted by Crippen LogP contribution is -2.31. The van der Waals surface area contributed by atoms with Crippen molar-refractivity contribution in [1.29, 1.82) is 0 Å². The average Bonchev–Trinajstić information content (AvgIpc) is 2.90. The van der Waals surface area contributed by atoms with E-state index in [0.29, 0.717) is 11.1 Å². The van der Waals surface area contributed by atoms with Gasteiger partial charge in [0.25, 0.3) is 0 Å². The van der Waals surface area contributed by atoms with Crippen molar-refractivity contribution in [3.8, 4) is 0 Å². The van der Waals surface area contributed by atoms with Gasteiger partial charge in [-0.2, -0.15) is 0 Å². The number of carbonyl (C=O) groups is 5. The van der Waals surface area contributed by atoms with Crippen LogP contribution in [0.15, 0.2) is 78.9 Å². The first kappa shape index (κ1) is 26.0. The first-order chi connectivity index (χ1) is 17.2. The summed E-state index contributed by atoms with van der Waals surface area (Å²) in [6.07, 6.45) is -1.11. The van der Waals surface area contributed by atoms with Crippen molar-refractivity contribution < 1.29 is 38.2 Å². The molecule has 0 aromatic heterocycles. The Hall–Kier alpha value is -4.59. The van der Waals surface area contributed by atoms with Crippen molar-refractivity contribution in [3.05, 3.63) is 107 Å². The highest BCUT2D eigenvalue weighted by atomic mass is 16.6. The van der Waals surface area contributed by atoms with Crippen molar-refractivity contribution in [2.75, 3.05) is 13.2 Å². The quantitative estimate of drug-likeness (QED) is 0.235. The summed E-state index contributed by atoms with van der Waals surface area (Å²) < 4.78 is 16.0. The van der Waals surface area contributed by atoms with Crippen LogP contribution in [0.5, 0.6) is 0 Å². The second-order valence-corrected chi connectivity index (χ2v) is 7.86. The normalized spacial score (nSPS) is 10.4. The van der Waals surface area contributed by atoms with E-state index in [4.69, 9.17) is 14.2 Å². The van der Waals surface area contributed by atoms with Gasteiger partial charge in [-0.1, -0.05) is 42.5 Å². The molecular formula is C28H24O8. The smallest absolute Gasteiger partial charge is 0.338 e. The van der Waals surface area contributed by atoms with Gasteiger partial charge in [-0.15, -0.1) is 0 Å². The van der Waals surface area contributed by atoms with Crippen LogP contribution < -0.4 is 0 Å². The molecule has 3 aromatic rings. The molecular weight excluding hydrogens is 464 g/mol. The summed E-state index contributed by atoms with van der Waals surface area (Å²) in [6.45, 7) is 1.96. The SMILES string of the molecule is CC(=O)c1cccc(C(=O)OCC(COC(=O)c2cccc(C(C)=O)c2)OC(=O)c2ccccc2)c1. The second-order valence-electron chi connectivity index (χ2n) is 7.86. The van der Waals surface area contributed by atoms with Crippen molar-refractivity contribution in [1.82, 2.24) is 0 Å². The average molecular weight is 488 g/mol. The molecule has 0 heterocycles. The van der Waals surface area contributed by atoms with Gasteiger partial charge in [-0.05, 0) is 50.2 Å². The van der Waals surface area contributed by atoms with E-state index in [-0.39, 0.29) is 28.3 Å². The van der Waals surface area contributed by atoms with Gasteiger partial charge in [-0.3, -0.25) is 9.59 Å². The zero-order valence-electron chi connectivity index (χ0n) is 19.8. The number of Topliss-reactive ketones (excluding diaryl/α,β-unsaturated/α-hetero) is 2. The zero-order chi connectivity index (χ0) is 26.1. The number of hydrogen-bond donors (Lipinski definition) is 0. The predicted molar refractivity (Wildman–Crippen MR) is 129 cm³/mol. The van der Waals surface area contributed by atoms with Gasteiger partial charge in [0.15, 0.2) is 17.7 Å². The molecule has 3 rings (SSSR count). The lowest BCUT2D eigenvalue weighted by atomic mass is 10.1. The predicted octanol–water partition coefficient (Wildman–Crippen LogP) is 4.33. The van der Waals surface area contributed by atoms with Crippen molar-refractivity contribution in [3.63, 3.8) is 0 Å². The molecule has 8 heteroatoms. The fourth-order valence-electron chi connectivity index (χ4n) is 3.14. The molecule has 8 nitrogen and oxygen atoms in total. The molecule has 0 radical (unpaired) electrons. The third kappa shape index (κ3) is 7.20. The summed E-state index contributed by atoms with van der Waals surface area (Å²) in [6, 6.07) is 20.2. The van der Waals surface area contributed by atoms with Crippen LogP contribution in [0.25, 0.3) is 0 Å². The van der Waals surface area contributed by atoms with Crippen LogP contribution in [0.4, 0.5) is 0 Å². The summed E-state index contributed by atoms with van der Waals surface area (Å²) in [5, 5.41) is 0. The Labute approximate surface area is 207 Å².